The second-order valence-corrected chi connectivity index (χ2v) is 11.4. The molecule has 8 nitrogen and oxygen atoms in total. The number of ether oxygens (including phenoxy) is 1. The summed E-state index contributed by atoms with van der Waals surface area (Å²) in [7, 11) is -3.65. The molecular weight excluding hydrogens is 510 g/mol. The van der Waals surface area contributed by atoms with Gasteiger partial charge in [0.1, 0.15) is 17.9 Å². The number of sulfonamides is 1. The first-order chi connectivity index (χ1) is 18.9. The normalized spacial score (nSPS) is 13.8. The van der Waals surface area contributed by atoms with E-state index in [0.717, 1.165) is 41.2 Å². The zero-order valence-corrected chi connectivity index (χ0v) is 22.8. The highest BCUT2D eigenvalue weighted by Gasteiger charge is 2.14. The molecule has 0 atom stereocenters. The highest BCUT2D eigenvalue weighted by atomic mass is 32.2. The van der Waals surface area contributed by atoms with Crippen LogP contribution in [0, 0.1) is 6.92 Å². The Labute approximate surface area is 230 Å². The molecule has 1 saturated heterocycles. The Morgan fingerprint density at radius 1 is 0.872 bits per heavy atom. The minimum Gasteiger partial charge on any atom is -0.494 e. The Hall–Kier alpha value is -3.95. The van der Waals surface area contributed by atoms with Crippen LogP contribution >= 0.6 is 0 Å². The van der Waals surface area contributed by atoms with Gasteiger partial charge in [0.05, 0.1) is 17.2 Å². The van der Waals surface area contributed by atoms with E-state index in [1.807, 2.05) is 37.3 Å². The number of hydrogen-bond acceptors (Lipinski definition) is 7. The topological polar surface area (TPSA) is 96.5 Å². The van der Waals surface area contributed by atoms with Crippen molar-refractivity contribution in [2.24, 2.45) is 0 Å². The summed E-state index contributed by atoms with van der Waals surface area (Å²) < 4.78 is 33.8. The van der Waals surface area contributed by atoms with E-state index in [4.69, 9.17) is 4.74 Å². The van der Waals surface area contributed by atoms with Crippen molar-refractivity contribution < 1.29 is 13.2 Å². The molecule has 0 radical (unpaired) electrons. The lowest BCUT2D eigenvalue weighted by molar-refractivity contribution is 0.263. The largest absolute Gasteiger partial charge is 0.494 e. The standard InChI is InChI=1S/C30H33N5O3S/c1-23-5-15-28(16-6-23)39(36,37)34-26-11-9-25(10-12-26)33-30-21-29(31-22-32-30)24-7-13-27(14-8-24)38-20-4-19-35-17-2-3-18-35/h5-16,21-22,34H,2-4,17-20H2,1H3,(H,31,32,33). The fourth-order valence-corrected chi connectivity index (χ4v) is 5.55. The smallest absolute Gasteiger partial charge is 0.261 e. The number of anilines is 3. The molecule has 0 bridgehead atoms. The van der Waals surface area contributed by atoms with Crippen LogP contribution in [0.25, 0.3) is 11.3 Å². The van der Waals surface area contributed by atoms with Gasteiger partial charge in [-0.15, -0.1) is 0 Å². The molecule has 2 N–H and O–H groups in total. The quantitative estimate of drug-likeness (QED) is 0.229. The van der Waals surface area contributed by atoms with Crippen LogP contribution in [-0.4, -0.2) is 49.5 Å². The minimum absolute atomic E-state index is 0.223. The van der Waals surface area contributed by atoms with Crippen LogP contribution < -0.4 is 14.8 Å². The third-order valence-electron chi connectivity index (χ3n) is 6.64. The van der Waals surface area contributed by atoms with E-state index in [-0.39, 0.29) is 4.90 Å². The number of benzene rings is 3. The lowest BCUT2D eigenvalue weighted by Gasteiger charge is -2.14. The maximum atomic E-state index is 12.6. The van der Waals surface area contributed by atoms with Crippen LogP contribution in [-0.2, 0) is 10.0 Å². The Morgan fingerprint density at radius 2 is 1.56 bits per heavy atom. The SMILES string of the molecule is Cc1ccc(S(=O)(=O)Nc2ccc(Nc3cc(-c4ccc(OCCCN5CCCC5)cc4)ncn3)cc2)cc1. The van der Waals surface area contributed by atoms with Crippen molar-refractivity contribution in [3.8, 4) is 17.0 Å². The van der Waals surface area contributed by atoms with E-state index in [1.54, 1.807) is 48.5 Å². The number of nitrogens with one attached hydrogen (secondary N) is 2. The first kappa shape index (κ1) is 26.6. The van der Waals surface area contributed by atoms with E-state index in [9.17, 15) is 8.42 Å². The zero-order chi connectivity index (χ0) is 27.1. The Bertz CT molecular complexity index is 1470. The van der Waals surface area contributed by atoms with Gasteiger partial charge in [-0.1, -0.05) is 17.7 Å². The fraction of sp³-hybridized carbons (Fsp3) is 0.267. The minimum atomic E-state index is -3.65. The van der Waals surface area contributed by atoms with E-state index in [1.165, 1.54) is 32.3 Å². The predicted octanol–water partition coefficient (Wildman–Crippen LogP) is 5.86. The van der Waals surface area contributed by atoms with E-state index < -0.39 is 10.0 Å². The number of likely N-dealkylation sites (tertiary alicyclic amines) is 1. The maximum Gasteiger partial charge on any atom is 0.261 e. The van der Waals surface area contributed by atoms with Crippen LogP contribution in [0.2, 0.25) is 0 Å². The van der Waals surface area contributed by atoms with E-state index in [2.05, 4.69) is 24.9 Å². The highest BCUT2D eigenvalue weighted by Crippen LogP contribution is 2.25. The van der Waals surface area contributed by atoms with Gasteiger partial charge in [-0.3, -0.25) is 4.72 Å². The predicted molar refractivity (Wildman–Crippen MR) is 155 cm³/mol. The monoisotopic (exact) mass is 543 g/mol. The lowest BCUT2D eigenvalue weighted by atomic mass is 10.1. The van der Waals surface area contributed by atoms with Gasteiger partial charge in [0, 0.05) is 29.5 Å². The van der Waals surface area contributed by atoms with Crippen molar-refractivity contribution in [3.05, 3.63) is 90.8 Å². The second-order valence-electron chi connectivity index (χ2n) is 9.68. The average molecular weight is 544 g/mol. The Kier molecular flexibility index (Phi) is 8.39. The van der Waals surface area contributed by atoms with Gasteiger partial charge >= 0.3 is 0 Å². The summed E-state index contributed by atoms with van der Waals surface area (Å²) in [4.78, 5) is 11.5. The van der Waals surface area contributed by atoms with Gasteiger partial charge in [0.25, 0.3) is 10.0 Å². The van der Waals surface area contributed by atoms with Crippen LogP contribution in [0.3, 0.4) is 0 Å². The molecule has 3 aromatic carbocycles. The molecular formula is C30H33N5O3S. The third-order valence-corrected chi connectivity index (χ3v) is 8.04. The van der Waals surface area contributed by atoms with Crippen molar-refractivity contribution in [2.45, 2.75) is 31.1 Å². The lowest BCUT2D eigenvalue weighted by Crippen LogP contribution is -2.21. The first-order valence-corrected chi connectivity index (χ1v) is 14.7. The molecule has 39 heavy (non-hydrogen) atoms. The molecule has 1 aliphatic rings. The summed E-state index contributed by atoms with van der Waals surface area (Å²) in [5.74, 6) is 1.49. The number of rotatable bonds is 11. The molecule has 0 unspecified atom stereocenters. The first-order valence-electron chi connectivity index (χ1n) is 13.2. The van der Waals surface area contributed by atoms with Gasteiger partial charge in [0.2, 0.25) is 0 Å². The molecule has 1 fully saturated rings. The number of aromatic nitrogens is 2. The summed E-state index contributed by atoms with van der Waals surface area (Å²) in [5.41, 5.74) is 4.00. The van der Waals surface area contributed by atoms with Crippen LogP contribution in [0.1, 0.15) is 24.8 Å². The molecule has 0 aliphatic carbocycles. The fourth-order valence-electron chi connectivity index (χ4n) is 4.49. The van der Waals surface area contributed by atoms with Gasteiger partial charge in [-0.05, 0) is 99.9 Å². The third kappa shape index (κ3) is 7.34. The second kappa shape index (κ2) is 12.3. The summed E-state index contributed by atoms with van der Waals surface area (Å²) >= 11 is 0. The van der Waals surface area contributed by atoms with Crippen molar-refractivity contribution in [1.82, 2.24) is 14.9 Å². The zero-order valence-electron chi connectivity index (χ0n) is 22.0. The number of nitrogens with zero attached hydrogens (tertiary/aromatic N) is 3. The molecule has 9 heteroatoms. The van der Waals surface area contributed by atoms with Crippen molar-refractivity contribution in [1.29, 1.82) is 0 Å². The molecule has 202 valence electrons. The molecule has 0 saturated carbocycles. The molecule has 4 aromatic rings. The summed E-state index contributed by atoms with van der Waals surface area (Å²) in [6.45, 7) is 6.15. The molecule has 1 aliphatic heterocycles. The van der Waals surface area contributed by atoms with Gasteiger partial charge in [-0.25, -0.2) is 18.4 Å². The van der Waals surface area contributed by atoms with Crippen molar-refractivity contribution in [3.63, 3.8) is 0 Å². The summed E-state index contributed by atoms with van der Waals surface area (Å²) in [6, 6.07) is 23.6. The van der Waals surface area contributed by atoms with Gasteiger partial charge < -0.3 is 15.0 Å². The molecule has 2 heterocycles. The number of hydrogen-bond donors (Lipinski definition) is 2. The maximum absolute atomic E-state index is 12.6. The highest BCUT2D eigenvalue weighted by molar-refractivity contribution is 7.92. The van der Waals surface area contributed by atoms with E-state index >= 15 is 0 Å². The average Bonchev–Trinajstić information content (AvgIpc) is 3.47. The molecule has 1 aromatic heterocycles. The summed E-state index contributed by atoms with van der Waals surface area (Å²) in [5, 5.41) is 3.25. The van der Waals surface area contributed by atoms with Crippen molar-refractivity contribution >= 4 is 27.2 Å². The van der Waals surface area contributed by atoms with Crippen LogP contribution in [0.4, 0.5) is 17.2 Å². The van der Waals surface area contributed by atoms with Gasteiger partial charge in [-0.2, -0.15) is 0 Å². The van der Waals surface area contributed by atoms with Crippen molar-refractivity contribution in [2.75, 3.05) is 36.3 Å². The van der Waals surface area contributed by atoms with Crippen LogP contribution in [0.15, 0.2) is 90.1 Å². The van der Waals surface area contributed by atoms with Gasteiger partial charge in [0.15, 0.2) is 0 Å². The Morgan fingerprint density at radius 3 is 2.28 bits per heavy atom. The summed E-state index contributed by atoms with van der Waals surface area (Å²) in [6.07, 6.45) is 5.17. The van der Waals surface area contributed by atoms with E-state index in [0.29, 0.717) is 18.1 Å². The number of aryl methyl sites for hydroxylation is 1. The Balaban J connectivity index is 1.16. The molecule has 0 amide bonds. The molecule has 5 rings (SSSR count). The van der Waals surface area contributed by atoms with Crippen LogP contribution in [0.5, 0.6) is 5.75 Å². The molecule has 0 spiro atoms.